The van der Waals surface area contributed by atoms with Crippen molar-refractivity contribution in [2.24, 2.45) is 0 Å². The molecule has 4 heteroatoms. The van der Waals surface area contributed by atoms with Gasteiger partial charge in [0.15, 0.2) is 0 Å². The molecule has 23 heavy (non-hydrogen) atoms. The van der Waals surface area contributed by atoms with Gasteiger partial charge in [-0.25, -0.2) is 4.79 Å². The number of hydrogen-bond acceptors (Lipinski definition) is 3. The molecule has 0 unspecified atom stereocenters. The van der Waals surface area contributed by atoms with Gasteiger partial charge in [0.05, 0.1) is 0 Å². The van der Waals surface area contributed by atoms with Gasteiger partial charge in [0.2, 0.25) is 0 Å². The Balaban J connectivity index is 1.69. The molecule has 0 aliphatic heterocycles. The van der Waals surface area contributed by atoms with Crippen LogP contribution in [0.1, 0.15) is 32.1 Å². The zero-order valence-electron chi connectivity index (χ0n) is 13.1. The number of amides is 1. The number of benzene rings is 2. The van der Waals surface area contributed by atoms with E-state index in [1.807, 2.05) is 36.4 Å². The summed E-state index contributed by atoms with van der Waals surface area (Å²) in [6.45, 7) is 0. The van der Waals surface area contributed by atoms with E-state index in [0.29, 0.717) is 11.4 Å². The third kappa shape index (κ3) is 4.03. The van der Waals surface area contributed by atoms with Crippen molar-refractivity contribution in [3.8, 4) is 16.9 Å². The lowest BCUT2D eigenvalue weighted by atomic mass is 9.96. The molecule has 1 fully saturated rings. The summed E-state index contributed by atoms with van der Waals surface area (Å²) in [6, 6.07) is 15.4. The van der Waals surface area contributed by atoms with Crippen molar-refractivity contribution in [3.63, 3.8) is 0 Å². The van der Waals surface area contributed by atoms with Gasteiger partial charge in [-0.15, -0.1) is 0 Å². The van der Waals surface area contributed by atoms with Gasteiger partial charge in [0, 0.05) is 17.3 Å². The van der Waals surface area contributed by atoms with Crippen LogP contribution in [0.4, 0.5) is 10.5 Å². The van der Waals surface area contributed by atoms with Gasteiger partial charge in [0.1, 0.15) is 5.75 Å². The van der Waals surface area contributed by atoms with Crippen molar-refractivity contribution < 1.29 is 9.53 Å². The molecule has 0 heterocycles. The fraction of sp³-hybridized carbons (Fsp3) is 0.316. The molecule has 0 spiro atoms. The molecule has 4 nitrogen and oxygen atoms in total. The minimum atomic E-state index is -0.388. The molecule has 0 radical (unpaired) electrons. The number of nitrogens with two attached hydrogens (primary N) is 1. The van der Waals surface area contributed by atoms with Crippen molar-refractivity contribution in [1.82, 2.24) is 5.32 Å². The topological polar surface area (TPSA) is 64.3 Å². The number of ether oxygens (including phenoxy) is 1. The summed E-state index contributed by atoms with van der Waals surface area (Å²) in [7, 11) is 0. The molecule has 2 aromatic carbocycles. The maximum absolute atomic E-state index is 12.0. The van der Waals surface area contributed by atoms with Gasteiger partial charge in [0.25, 0.3) is 0 Å². The lowest BCUT2D eigenvalue weighted by Gasteiger charge is -2.22. The number of nitrogens with one attached hydrogen (secondary N) is 1. The van der Waals surface area contributed by atoms with Crippen LogP contribution in [0.15, 0.2) is 48.5 Å². The molecule has 1 aliphatic carbocycles. The molecular formula is C19H22N2O2. The maximum Gasteiger partial charge on any atom is 0.412 e. The maximum atomic E-state index is 12.0. The largest absolute Gasteiger partial charge is 0.412 e. The number of hydrogen-bond donors (Lipinski definition) is 2. The molecule has 3 rings (SSSR count). The Hall–Kier alpha value is -2.49. The Bertz CT molecular complexity index is 664. The Labute approximate surface area is 136 Å². The van der Waals surface area contributed by atoms with Crippen LogP contribution in [0.5, 0.6) is 5.75 Å². The van der Waals surface area contributed by atoms with Crippen molar-refractivity contribution in [3.05, 3.63) is 48.5 Å². The highest BCUT2D eigenvalue weighted by Crippen LogP contribution is 2.29. The summed E-state index contributed by atoms with van der Waals surface area (Å²) >= 11 is 0. The first-order valence-electron chi connectivity index (χ1n) is 8.15. The van der Waals surface area contributed by atoms with Crippen LogP contribution >= 0.6 is 0 Å². The van der Waals surface area contributed by atoms with Crippen molar-refractivity contribution in [2.75, 3.05) is 5.73 Å². The number of carbonyl (C=O) groups is 1. The van der Waals surface area contributed by atoms with Crippen LogP contribution < -0.4 is 15.8 Å². The lowest BCUT2D eigenvalue weighted by molar-refractivity contribution is 0.192. The van der Waals surface area contributed by atoms with Gasteiger partial charge in [-0.05, 0) is 36.6 Å². The monoisotopic (exact) mass is 310 g/mol. The first-order valence-corrected chi connectivity index (χ1v) is 8.15. The molecule has 0 saturated heterocycles. The van der Waals surface area contributed by atoms with Gasteiger partial charge < -0.3 is 15.8 Å². The average molecular weight is 310 g/mol. The van der Waals surface area contributed by atoms with Crippen LogP contribution in [0.2, 0.25) is 0 Å². The van der Waals surface area contributed by atoms with Crippen LogP contribution in [0.25, 0.3) is 11.1 Å². The third-order valence-corrected chi connectivity index (χ3v) is 4.25. The van der Waals surface area contributed by atoms with E-state index in [4.69, 9.17) is 10.5 Å². The van der Waals surface area contributed by atoms with Crippen molar-refractivity contribution in [2.45, 2.75) is 38.1 Å². The second-order valence-electron chi connectivity index (χ2n) is 5.98. The molecule has 0 bridgehead atoms. The van der Waals surface area contributed by atoms with Crippen LogP contribution in [0, 0.1) is 0 Å². The predicted octanol–water partition coefficient (Wildman–Crippen LogP) is 4.36. The zero-order chi connectivity index (χ0) is 16.1. The summed E-state index contributed by atoms with van der Waals surface area (Å²) < 4.78 is 5.43. The second-order valence-corrected chi connectivity index (χ2v) is 5.98. The third-order valence-electron chi connectivity index (χ3n) is 4.25. The minimum absolute atomic E-state index is 0.235. The first-order chi connectivity index (χ1) is 11.2. The van der Waals surface area contributed by atoms with Crippen LogP contribution in [-0.2, 0) is 0 Å². The fourth-order valence-corrected chi connectivity index (χ4v) is 3.02. The highest BCUT2D eigenvalue weighted by Gasteiger charge is 2.17. The number of anilines is 1. The Morgan fingerprint density at radius 1 is 1.04 bits per heavy atom. The molecular weight excluding hydrogens is 288 g/mol. The van der Waals surface area contributed by atoms with Crippen molar-refractivity contribution >= 4 is 11.8 Å². The van der Waals surface area contributed by atoms with E-state index >= 15 is 0 Å². The molecule has 2 aromatic rings. The SMILES string of the molecule is Nc1ccc(OC(=O)NC2CCCCC2)cc1-c1ccccc1. The van der Waals surface area contributed by atoms with Gasteiger partial charge in [-0.3, -0.25) is 0 Å². The van der Waals surface area contributed by atoms with E-state index in [0.717, 1.165) is 24.0 Å². The molecule has 1 aliphatic rings. The van der Waals surface area contributed by atoms with Gasteiger partial charge in [-0.1, -0.05) is 49.6 Å². The van der Waals surface area contributed by atoms with Crippen molar-refractivity contribution in [1.29, 1.82) is 0 Å². The van der Waals surface area contributed by atoms with Crippen LogP contribution in [0.3, 0.4) is 0 Å². The van der Waals surface area contributed by atoms with Gasteiger partial charge in [-0.2, -0.15) is 0 Å². The van der Waals surface area contributed by atoms with E-state index in [1.54, 1.807) is 12.1 Å². The number of rotatable bonds is 3. The van der Waals surface area contributed by atoms with E-state index in [2.05, 4.69) is 5.32 Å². The quantitative estimate of drug-likeness (QED) is 0.828. The number of nitrogen functional groups attached to an aromatic ring is 1. The van der Waals surface area contributed by atoms with E-state index in [9.17, 15) is 4.79 Å². The normalized spacial score (nSPS) is 15.1. The molecule has 0 aromatic heterocycles. The number of carbonyl (C=O) groups excluding carboxylic acids is 1. The van der Waals surface area contributed by atoms with Crippen LogP contribution in [-0.4, -0.2) is 12.1 Å². The average Bonchev–Trinajstić information content (AvgIpc) is 2.58. The first kappa shape index (κ1) is 15.4. The lowest BCUT2D eigenvalue weighted by Crippen LogP contribution is -2.38. The highest BCUT2D eigenvalue weighted by molar-refractivity contribution is 5.79. The van der Waals surface area contributed by atoms with E-state index in [-0.39, 0.29) is 12.1 Å². The minimum Gasteiger partial charge on any atom is -0.410 e. The highest BCUT2D eigenvalue weighted by atomic mass is 16.6. The molecule has 1 amide bonds. The second kappa shape index (κ2) is 7.18. The Kier molecular flexibility index (Phi) is 4.81. The summed E-state index contributed by atoms with van der Waals surface area (Å²) in [5.41, 5.74) is 8.58. The summed E-state index contributed by atoms with van der Waals surface area (Å²) in [5.74, 6) is 0.506. The zero-order valence-corrected chi connectivity index (χ0v) is 13.1. The fourth-order valence-electron chi connectivity index (χ4n) is 3.02. The van der Waals surface area contributed by atoms with E-state index < -0.39 is 0 Å². The smallest absolute Gasteiger partial charge is 0.410 e. The van der Waals surface area contributed by atoms with Gasteiger partial charge >= 0.3 is 6.09 Å². The summed E-state index contributed by atoms with van der Waals surface area (Å²) in [4.78, 5) is 12.0. The molecule has 1 saturated carbocycles. The summed E-state index contributed by atoms with van der Waals surface area (Å²) in [5, 5.41) is 2.95. The Morgan fingerprint density at radius 2 is 1.78 bits per heavy atom. The predicted molar refractivity (Wildman–Crippen MR) is 92.3 cm³/mol. The Morgan fingerprint density at radius 3 is 2.52 bits per heavy atom. The molecule has 3 N–H and O–H groups in total. The van der Waals surface area contributed by atoms with E-state index in [1.165, 1.54) is 19.3 Å². The summed E-state index contributed by atoms with van der Waals surface area (Å²) in [6.07, 6.45) is 5.28. The molecule has 120 valence electrons. The standard InChI is InChI=1S/C19H22N2O2/c20-18-12-11-16(13-17(18)14-7-3-1-4-8-14)23-19(22)21-15-9-5-2-6-10-15/h1,3-4,7-8,11-13,15H,2,5-6,9-10,20H2,(H,21,22). The molecule has 0 atom stereocenters.